The number of rotatable bonds is 6. The zero-order valence-corrected chi connectivity index (χ0v) is 17.2. The molecule has 0 saturated heterocycles. The first-order valence-corrected chi connectivity index (χ1v) is 9.73. The predicted molar refractivity (Wildman–Crippen MR) is 117 cm³/mol. The van der Waals surface area contributed by atoms with Gasteiger partial charge >= 0.3 is 0 Å². The van der Waals surface area contributed by atoms with E-state index in [9.17, 15) is 4.79 Å². The highest BCUT2D eigenvalue weighted by Crippen LogP contribution is 2.40. The molecule has 1 aliphatic rings. The molecule has 0 spiro atoms. The van der Waals surface area contributed by atoms with E-state index in [0.717, 1.165) is 47.7 Å². The van der Waals surface area contributed by atoms with Gasteiger partial charge in [-0.25, -0.2) is 0 Å². The molecule has 1 aromatic heterocycles. The van der Waals surface area contributed by atoms with Crippen molar-refractivity contribution in [2.45, 2.75) is 33.1 Å². The summed E-state index contributed by atoms with van der Waals surface area (Å²) in [5.41, 5.74) is 10.1. The van der Waals surface area contributed by atoms with Crippen LogP contribution in [0.4, 0.5) is 0 Å². The smallest absolute Gasteiger partial charge is 0.253 e. The van der Waals surface area contributed by atoms with E-state index in [1.54, 1.807) is 13.3 Å². The van der Waals surface area contributed by atoms with E-state index in [-0.39, 0.29) is 12.5 Å². The van der Waals surface area contributed by atoms with Gasteiger partial charge in [-0.15, -0.1) is 0 Å². The van der Waals surface area contributed by atoms with Gasteiger partial charge in [-0.2, -0.15) is 0 Å². The van der Waals surface area contributed by atoms with Crippen LogP contribution in [-0.4, -0.2) is 30.8 Å². The van der Waals surface area contributed by atoms with Crippen molar-refractivity contribution in [3.05, 3.63) is 53.4 Å². The summed E-state index contributed by atoms with van der Waals surface area (Å²) in [4.78, 5) is 17.1. The number of aromatic nitrogens is 1. The van der Waals surface area contributed by atoms with Gasteiger partial charge in [-0.1, -0.05) is 19.9 Å². The summed E-state index contributed by atoms with van der Waals surface area (Å²) in [5.74, 6) is 0.486. The molecule has 4 N–H and O–H groups in total. The Morgan fingerprint density at radius 3 is 2.83 bits per heavy atom. The third-order valence-electron chi connectivity index (χ3n) is 5.32. The van der Waals surface area contributed by atoms with E-state index < -0.39 is 0 Å². The molecule has 1 aromatic carbocycles. The molecule has 2 aromatic rings. The number of hydrogen-bond donors (Lipinski definition) is 3. The first-order valence-electron chi connectivity index (χ1n) is 9.73. The lowest BCUT2D eigenvalue weighted by Crippen LogP contribution is -2.28. The molecular weight excluding hydrogens is 364 g/mol. The molecule has 3 rings (SSSR count). The normalized spacial score (nSPS) is 16.2. The number of fused-ring (bicyclic) bond motifs is 1. The Bertz CT molecular complexity index is 1010. The van der Waals surface area contributed by atoms with E-state index in [1.165, 1.54) is 11.6 Å². The van der Waals surface area contributed by atoms with Gasteiger partial charge in [0.25, 0.3) is 5.91 Å². The van der Waals surface area contributed by atoms with Gasteiger partial charge in [0.2, 0.25) is 0 Å². The number of ether oxygens (including phenoxy) is 1. The van der Waals surface area contributed by atoms with Gasteiger partial charge in [0.15, 0.2) is 0 Å². The molecule has 0 unspecified atom stereocenters. The molecule has 1 heterocycles. The van der Waals surface area contributed by atoms with Crippen molar-refractivity contribution >= 4 is 28.6 Å². The second-order valence-electron chi connectivity index (χ2n) is 8.16. The van der Waals surface area contributed by atoms with E-state index in [4.69, 9.17) is 15.9 Å². The average molecular weight is 393 g/mol. The van der Waals surface area contributed by atoms with Crippen LogP contribution in [0.2, 0.25) is 0 Å². The fraction of sp³-hybridized carbons (Fsp3) is 0.348. The van der Waals surface area contributed by atoms with Gasteiger partial charge in [0, 0.05) is 29.1 Å². The van der Waals surface area contributed by atoms with Crippen molar-refractivity contribution in [1.29, 1.82) is 5.41 Å². The second-order valence-corrected chi connectivity index (χ2v) is 8.16. The maximum atomic E-state index is 12.5. The Hall–Kier alpha value is -3.15. The number of nitrogens with two attached hydrogens (primary N) is 1. The van der Waals surface area contributed by atoms with Crippen LogP contribution >= 0.6 is 0 Å². The van der Waals surface area contributed by atoms with E-state index >= 15 is 0 Å². The highest BCUT2D eigenvalue weighted by Gasteiger charge is 2.23. The maximum absolute atomic E-state index is 12.5. The number of nitrogens with zero attached hydrogens (tertiary/aromatic N) is 1. The molecule has 152 valence electrons. The number of methoxy groups -OCH3 is 1. The van der Waals surface area contributed by atoms with Crippen LogP contribution in [0.1, 0.15) is 49.0 Å². The summed E-state index contributed by atoms with van der Waals surface area (Å²) in [7, 11) is 1.64. The Labute approximate surface area is 171 Å². The Morgan fingerprint density at radius 1 is 1.38 bits per heavy atom. The SMILES string of the molecule is COc1cc(C2=CCC(C)(C)CC2)c2ncc(C(=O)NC/C(N)=C/C=N)cc2c1. The van der Waals surface area contributed by atoms with Crippen LogP contribution in [0.3, 0.4) is 0 Å². The monoisotopic (exact) mass is 392 g/mol. The number of benzene rings is 1. The number of nitrogens with one attached hydrogen (secondary N) is 2. The quantitative estimate of drug-likeness (QED) is 0.645. The topological polar surface area (TPSA) is 101 Å². The average Bonchev–Trinajstić information content (AvgIpc) is 2.71. The van der Waals surface area contributed by atoms with E-state index in [0.29, 0.717) is 16.7 Å². The number of amides is 1. The molecule has 0 aliphatic heterocycles. The maximum Gasteiger partial charge on any atom is 0.253 e. The number of carbonyl (C=O) groups excluding carboxylic acids is 1. The lowest BCUT2D eigenvalue weighted by atomic mass is 9.77. The van der Waals surface area contributed by atoms with Crippen LogP contribution in [0.5, 0.6) is 5.75 Å². The summed E-state index contributed by atoms with van der Waals surface area (Å²) >= 11 is 0. The van der Waals surface area contributed by atoms with Crippen molar-refractivity contribution in [3.63, 3.8) is 0 Å². The lowest BCUT2D eigenvalue weighted by Gasteiger charge is -2.29. The third-order valence-corrected chi connectivity index (χ3v) is 5.32. The van der Waals surface area contributed by atoms with Crippen LogP contribution in [0.15, 0.2) is 42.2 Å². The molecule has 0 bridgehead atoms. The number of carbonyl (C=O) groups is 1. The van der Waals surface area contributed by atoms with Crippen molar-refractivity contribution in [1.82, 2.24) is 10.3 Å². The first-order chi connectivity index (χ1) is 13.8. The first kappa shape index (κ1) is 20.6. The minimum atomic E-state index is -0.260. The molecule has 0 atom stereocenters. The van der Waals surface area contributed by atoms with Crippen LogP contribution < -0.4 is 15.8 Å². The summed E-state index contributed by atoms with van der Waals surface area (Å²) in [6.07, 6.45) is 9.59. The van der Waals surface area contributed by atoms with Gasteiger partial charge < -0.3 is 21.2 Å². The summed E-state index contributed by atoms with van der Waals surface area (Å²) in [6, 6.07) is 5.76. The standard InChI is InChI=1S/C23H28N4O2/c1-23(2)7-4-15(5-8-23)20-12-19(29-3)11-16-10-17(13-26-21(16)20)22(28)27-14-18(25)6-9-24/h4,6,9-13,24H,5,7-8,14,25H2,1-3H3,(H,27,28)/b18-6-,24-9?. The van der Waals surface area contributed by atoms with E-state index in [1.807, 2.05) is 18.2 Å². The number of hydrogen-bond acceptors (Lipinski definition) is 5. The molecule has 1 amide bonds. The van der Waals surface area contributed by atoms with Crippen molar-refractivity contribution < 1.29 is 9.53 Å². The molecule has 29 heavy (non-hydrogen) atoms. The van der Waals surface area contributed by atoms with Gasteiger partial charge in [0.1, 0.15) is 5.75 Å². The largest absolute Gasteiger partial charge is 0.497 e. The molecule has 0 fully saturated rings. The second kappa shape index (κ2) is 8.47. The van der Waals surface area contributed by atoms with Gasteiger partial charge in [0.05, 0.1) is 24.7 Å². The van der Waals surface area contributed by atoms with Crippen molar-refractivity contribution in [3.8, 4) is 5.75 Å². The van der Waals surface area contributed by atoms with Crippen LogP contribution in [0, 0.1) is 10.8 Å². The van der Waals surface area contributed by atoms with E-state index in [2.05, 4.69) is 30.2 Å². The van der Waals surface area contributed by atoms with Crippen LogP contribution in [0.25, 0.3) is 16.5 Å². The molecule has 0 radical (unpaired) electrons. The number of pyridine rings is 1. The summed E-state index contributed by atoms with van der Waals surface area (Å²) in [6.45, 7) is 4.76. The summed E-state index contributed by atoms with van der Waals surface area (Å²) in [5, 5.41) is 10.6. The molecule has 1 aliphatic carbocycles. The number of allylic oxidation sites excluding steroid dienone is 3. The fourth-order valence-electron chi connectivity index (χ4n) is 3.48. The lowest BCUT2D eigenvalue weighted by molar-refractivity contribution is 0.0956. The van der Waals surface area contributed by atoms with Crippen molar-refractivity contribution in [2.75, 3.05) is 13.7 Å². The van der Waals surface area contributed by atoms with Crippen molar-refractivity contribution in [2.24, 2.45) is 11.1 Å². The minimum Gasteiger partial charge on any atom is -0.497 e. The zero-order chi connectivity index (χ0) is 21.0. The molecular formula is C23H28N4O2. The highest BCUT2D eigenvalue weighted by molar-refractivity contribution is 6.00. The molecule has 6 nitrogen and oxygen atoms in total. The van der Waals surface area contributed by atoms with Crippen LogP contribution in [-0.2, 0) is 0 Å². The third kappa shape index (κ3) is 4.83. The van der Waals surface area contributed by atoms with Gasteiger partial charge in [-0.3, -0.25) is 9.78 Å². The molecule has 0 saturated carbocycles. The minimum absolute atomic E-state index is 0.179. The highest BCUT2D eigenvalue weighted by atomic mass is 16.5. The summed E-state index contributed by atoms with van der Waals surface area (Å²) < 4.78 is 5.50. The molecule has 6 heteroatoms. The predicted octanol–water partition coefficient (Wildman–Crippen LogP) is 4.06. The van der Waals surface area contributed by atoms with Gasteiger partial charge in [-0.05, 0) is 54.5 Å². The Morgan fingerprint density at radius 2 is 2.17 bits per heavy atom. The Kier molecular flexibility index (Phi) is 6.01. The zero-order valence-electron chi connectivity index (χ0n) is 17.2. The Balaban J connectivity index is 1.95. The fourth-order valence-corrected chi connectivity index (χ4v) is 3.48.